The van der Waals surface area contributed by atoms with Crippen LogP contribution in [0.2, 0.25) is 5.02 Å². The van der Waals surface area contributed by atoms with Crippen LogP contribution in [0.15, 0.2) is 24.3 Å². The van der Waals surface area contributed by atoms with E-state index in [9.17, 15) is 4.79 Å². The van der Waals surface area contributed by atoms with Gasteiger partial charge in [0.1, 0.15) is 0 Å². The Morgan fingerprint density at radius 2 is 1.81 bits per heavy atom. The summed E-state index contributed by atoms with van der Waals surface area (Å²) in [6.45, 7) is 1.63. The van der Waals surface area contributed by atoms with Crippen LogP contribution in [-0.4, -0.2) is 29.9 Å². The molecular formula is C12H16ClN2O+. The fourth-order valence-electron chi connectivity index (χ4n) is 1.91. The minimum Gasteiger partial charge on any atom is -0.355 e. The number of hydrogen-bond donors (Lipinski definition) is 1. The molecule has 3 N–H and O–H groups in total. The fourth-order valence-corrected chi connectivity index (χ4v) is 2.04. The summed E-state index contributed by atoms with van der Waals surface area (Å²) >= 11 is 5.79. The van der Waals surface area contributed by atoms with Crippen molar-refractivity contribution in [3.8, 4) is 0 Å². The Balaban J connectivity index is 2.05. The number of halogens is 1. The SMILES string of the molecule is [NH3+]C1CCN(C(=O)c2ccc(Cl)cc2)CC1. The van der Waals surface area contributed by atoms with E-state index in [1.807, 2.05) is 4.90 Å². The highest BCUT2D eigenvalue weighted by Gasteiger charge is 2.22. The van der Waals surface area contributed by atoms with E-state index >= 15 is 0 Å². The molecule has 1 aromatic carbocycles. The van der Waals surface area contributed by atoms with Gasteiger partial charge in [0, 0.05) is 36.5 Å². The quantitative estimate of drug-likeness (QED) is 0.786. The molecule has 4 heteroatoms. The third-order valence-electron chi connectivity index (χ3n) is 2.99. The maximum Gasteiger partial charge on any atom is 0.253 e. The molecule has 16 heavy (non-hydrogen) atoms. The van der Waals surface area contributed by atoms with Gasteiger partial charge >= 0.3 is 0 Å². The number of likely N-dealkylation sites (tertiary alicyclic amines) is 1. The first-order chi connectivity index (χ1) is 7.66. The maximum absolute atomic E-state index is 12.1. The number of carbonyl (C=O) groups is 1. The first kappa shape index (κ1) is 11.4. The summed E-state index contributed by atoms with van der Waals surface area (Å²) in [5.74, 6) is 0.101. The second-order valence-corrected chi connectivity index (χ2v) is 4.68. The number of carbonyl (C=O) groups excluding carboxylic acids is 1. The Hall–Kier alpha value is -1.06. The molecule has 86 valence electrons. The second kappa shape index (κ2) is 4.85. The Labute approximate surface area is 100 Å². The predicted molar refractivity (Wildman–Crippen MR) is 63.3 cm³/mol. The van der Waals surface area contributed by atoms with Crippen LogP contribution >= 0.6 is 11.6 Å². The molecule has 1 aliphatic rings. The van der Waals surface area contributed by atoms with Gasteiger partial charge in [-0.1, -0.05) is 11.6 Å². The number of piperidine rings is 1. The van der Waals surface area contributed by atoms with E-state index in [1.54, 1.807) is 24.3 Å². The van der Waals surface area contributed by atoms with E-state index in [2.05, 4.69) is 5.73 Å². The van der Waals surface area contributed by atoms with E-state index in [-0.39, 0.29) is 5.91 Å². The van der Waals surface area contributed by atoms with Gasteiger partial charge in [-0.3, -0.25) is 4.79 Å². The Bertz CT molecular complexity index is 369. The minimum atomic E-state index is 0.101. The van der Waals surface area contributed by atoms with Gasteiger partial charge < -0.3 is 10.6 Å². The van der Waals surface area contributed by atoms with Crippen LogP contribution < -0.4 is 5.73 Å². The Morgan fingerprint density at radius 1 is 1.25 bits per heavy atom. The Morgan fingerprint density at radius 3 is 2.38 bits per heavy atom. The molecule has 3 nitrogen and oxygen atoms in total. The van der Waals surface area contributed by atoms with Crippen molar-refractivity contribution >= 4 is 17.5 Å². The van der Waals surface area contributed by atoms with Crippen LogP contribution in [0.3, 0.4) is 0 Å². The normalized spacial score (nSPS) is 17.5. The maximum atomic E-state index is 12.1. The zero-order valence-corrected chi connectivity index (χ0v) is 9.91. The summed E-state index contributed by atoms with van der Waals surface area (Å²) in [4.78, 5) is 14.0. The van der Waals surface area contributed by atoms with E-state index < -0.39 is 0 Å². The molecule has 0 bridgehead atoms. The van der Waals surface area contributed by atoms with Gasteiger partial charge in [0.2, 0.25) is 0 Å². The van der Waals surface area contributed by atoms with Crippen molar-refractivity contribution in [2.45, 2.75) is 18.9 Å². The first-order valence-corrected chi connectivity index (χ1v) is 5.92. The number of nitrogens with zero attached hydrogens (tertiary/aromatic N) is 1. The van der Waals surface area contributed by atoms with E-state index in [1.165, 1.54) is 0 Å². The zero-order valence-electron chi connectivity index (χ0n) is 9.16. The molecule has 2 rings (SSSR count). The monoisotopic (exact) mass is 239 g/mol. The zero-order chi connectivity index (χ0) is 11.5. The third-order valence-corrected chi connectivity index (χ3v) is 3.24. The van der Waals surface area contributed by atoms with Gasteiger partial charge in [0.05, 0.1) is 6.04 Å². The molecule has 0 saturated carbocycles. The minimum absolute atomic E-state index is 0.101. The van der Waals surface area contributed by atoms with Crippen molar-refractivity contribution in [2.75, 3.05) is 13.1 Å². The van der Waals surface area contributed by atoms with Gasteiger partial charge in [-0.15, -0.1) is 0 Å². The van der Waals surface area contributed by atoms with E-state index in [4.69, 9.17) is 11.6 Å². The van der Waals surface area contributed by atoms with Gasteiger partial charge in [0.15, 0.2) is 0 Å². The highest BCUT2D eigenvalue weighted by Crippen LogP contribution is 2.14. The van der Waals surface area contributed by atoms with Crippen molar-refractivity contribution in [3.05, 3.63) is 34.9 Å². The van der Waals surface area contributed by atoms with Crippen LogP contribution in [0.25, 0.3) is 0 Å². The molecule has 1 aliphatic heterocycles. The number of amides is 1. The lowest BCUT2D eigenvalue weighted by Crippen LogP contribution is -2.64. The highest BCUT2D eigenvalue weighted by atomic mass is 35.5. The van der Waals surface area contributed by atoms with Gasteiger partial charge in [-0.05, 0) is 24.3 Å². The van der Waals surface area contributed by atoms with Gasteiger partial charge in [-0.2, -0.15) is 0 Å². The van der Waals surface area contributed by atoms with E-state index in [0.717, 1.165) is 25.9 Å². The van der Waals surface area contributed by atoms with Crippen molar-refractivity contribution < 1.29 is 10.5 Å². The summed E-state index contributed by atoms with van der Waals surface area (Å²) in [5, 5.41) is 0.660. The summed E-state index contributed by atoms with van der Waals surface area (Å²) in [6, 6.07) is 7.56. The second-order valence-electron chi connectivity index (χ2n) is 4.24. The molecule has 1 heterocycles. The van der Waals surface area contributed by atoms with Crippen molar-refractivity contribution in [2.24, 2.45) is 0 Å². The summed E-state index contributed by atoms with van der Waals surface area (Å²) in [7, 11) is 0. The summed E-state index contributed by atoms with van der Waals surface area (Å²) in [6.07, 6.45) is 2.00. The largest absolute Gasteiger partial charge is 0.355 e. The topological polar surface area (TPSA) is 48.0 Å². The van der Waals surface area contributed by atoms with Gasteiger partial charge in [-0.25, -0.2) is 0 Å². The lowest BCUT2D eigenvalue weighted by Gasteiger charge is -2.28. The molecule has 1 amide bonds. The van der Waals surface area contributed by atoms with Crippen LogP contribution in [0.1, 0.15) is 23.2 Å². The lowest BCUT2D eigenvalue weighted by atomic mass is 10.1. The van der Waals surface area contributed by atoms with Crippen LogP contribution in [0, 0.1) is 0 Å². The fraction of sp³-hybridized carbons (Fsp3) is 0.417. The molecular weight excluding hydrogens is 224 g/mol. The number of rotatable bonds is 1. The highest BCUT2D eigenvalue weighted by molar-refractivity contribution is 6.30. The van der Waals surface area contributed by atoms with Crippen molar-refractivity contribution in [1.29, 1.82) is 0 Å². The number of hydrogen-bond acceptors (Lipinski definition) is 1. The number of quaternary nitrogens is 1. The van der Waals surface area contributed by atoms with E-state index in [0.29, 0.717) is 16.6 Å². The molecule has 0 radical (unpaired) electrons. The van der Waals surface area contributed by atoms with Crippen LogP contribution in [0.4, 0.5) is 0 Å². The van der Waals surface area contributed by atoms with Crippen molar-refractivity contribution in [3.63, 3.8) is 0 Å². The number of benzene rings is 1. The van der Waals surface area contributed by atoms with Gasteiger partial charge in [0.25, 0.3) is 5.91 Å². The Kier molecular flexibility index (Phi) is 3.46. The molecule has 1 saturated heterocycles. The molecule has 0 unspecified atom stereocenters. The predicted octanol–water partition coefficient (Wildman–Crippen LogP) is 1.19. The molecule has 0 aromatic heterocycles. The molecule has 1 fully saturated rings. The first-order valence-electron chi connectivity index (χ1n) is 5.55. The average Bonchev–Trinajstić information content (AvgIpc) is 2.30. The average molecular weight is 240 g/mol. The van der Waals surface area contributed by atoms with Crippen molar-refractivity contribution in [1.82, 2.24) is 4.90 Å². The molecule has 0 atom stereocenters. The molecule has 0 spiro atoms. The molecule has 1 aromatic rings. The molecule has 0 aliphatic carbocycles. The summed E-state index contributed by atoms with van der Waals surface area (Å²) in [5.41, 5.74) is 4.73. The lowest BCUT2D eigenvalue weighted by molar-refractivity contribution is -0.425. The smallest absolute Gasteiger partial charge is 0.253 e. The van der Waals surface area contributed by atoms with Crippen LogP contribution in [0.5, 0.6) is 0 Å². The standard InChI is InChI=1S/C12H15ClN2O/c13-10-3-1-9(2-4-10)12(16)15-7-5-11(14)6-8-15/h1-4,11H,5-8,14H2/p+1. The van der Waals surface area contributed by atoms with Crippen LogP contribution in [-0.2, 0) is 0 Å². The third kappa shape index (κ3) is 2.54. The summed E-state index contributed by atoms with van der Waals surface area (Å²) < 4.78 is 0.